The molecule has 0 unspecified atom stereocenters. The Kier molecular flexibility index (Phi) is 2.66. The van der Waals surface area contributed by atoms with Crippen molar-refractivity contribution in [1.82, 2.24) is 0 Å². The summed E-state index contributed by atoms with van der Waals surface area (Å²) in [5.74, 6) is 0.807. The average molecular weight is 231 g/mol. The Morgan fingerprint density at radius 2 is 1.41 bits per heavy atom. The molecule has 7 N–H and O–H groups in total. The number of phenols is 1. The van der Waals surface area contributed by atoms with E-state index in [1.807, 2.05) is 0 Å². The number of phenolic OH excluding ortho intramolecular Hbond substituents is 1. The topological polar surface area (TPSA) is 108 Å². The van der Waals surface area contributed by atoms with Crippen molar-refractivity contribution < 1.29 is 9.84 Å². The van der Waals surface area contributed by atoms with Crippen molar-refractivity contribution in [3.8, 4) is 17.2 Å². The highest BCUT2D eigenvalue weighted by Crippen LogP contribution is 2.34. The fourth-order valence-electron chi connectivity index (χ4n) is 1.37. The lowest BCUT2D eigenvalue weighted by atomic mass is 10.2. The highest BCUT2D eigenvalue weighted by Gasteiger charge is 2.06. The Morgan fingerprint density at radius 3 is 2.12 bits per heavy atom. The van der Waals surface area contributed by atoms with Gasteiger partial charge in [0.05, 0.1) is 11.4 Å². The minimum atomic E-state index is 0.0664. The van der Waals surface area contributed by atoms with E-state index in [0.29, 0.717) is 28.6 Å². The lowest BCUT2D eigenvalue weighted by Gasteiger charge is -2.11. The van der Waals surface area contributed by atoms with Gasteiger partial charge in [-0.15, -0.1) is 0 Å². The molecule has 0 aliphatic heterocycles. The predicted molar refractivity (Wildman–Crippen MR) is 67.9 cm³/mol. The fraction of sp³-hybridized carbons (Fsp3) is 0. The fourth-order valence-corrected chi connectivity index (χ4v) is 1.37. The zero-order chi connectivity index (χ0) is 12.4. The van der Waals surface area contributed by atoms with E-state index in [9.17, 15) is 5.11 Å². The van der Waals surface area contributed by atoms with Crippen molar-refractivity contribution in [2.24, 2.45) is 0 Å². The van der Waals surface area contributed by atoms with Gasteiger partial charge in [-0.1, -0.05) is 0 Å². The van der Waals surface area contributed by atoms with E-state index in [2.05, 4.69) is 0 Å². The molecule has 0 atom stereocenters. The quantitative estimate of drug-likeness (QED) is 0.466. The van der Waals surface area contributed by atoms with Crippen LogP contribution in [0.25, 0.3) is 0 Å². The number of hydrogen-bond acceptors (Lipinski definition) is 5. The van der Waals surface area contributed by atoms with Crippen LogP contribution in [0.15, 0.2) is 36.4 Å². The summed E-state index contributed by atoms with van der Waals surface area (Å²) in [6.07, 6.45) is 0. The molecule has 2 rings (SSSR count). The third-order valence-electron chi connectivity index (χ3n) is 2.25. The van der Waals surface area contributed by atoms with Gasteiger partial charge in [0, 0.05) is 17.8 Å². The van der Waals surface area contributed by atoms with Gasteiger partial charge in [0.25, 0.3) is 0 Å². The van der Waals surface area contributed by atoms with Crippen LogP contribution < -0.4 is 21.9 Å². The molecule has 0 radical (unpaired) electrons. The third kappa shape index (κ3) is 2.34. The number of nitrogen functional groups attached to an aromatic ring is 3. The first-order chi connectivity index (χ1) is 8.06. The molecule has 5 nitrogen and oxygen atoms in total. The second-order valence-electron chi connectivity index (χ2n) is 3.62. The van der Waals surface area contributed by atoms with Crippen LogP contribution >= 0.6 is 0 Å². The zero-order valence-corrected chi connectivity index (χ0v) is 9.05. The van der Waals surface area contributed by atoms with Gasteiger partial charge >= 0.3 is 0 Å². The minimum absolute atomic E-state index is 0.0664. The smallest absolute Gasteiger partial charge is 0.154 e. The molecule has 88 valence electrons. The van der Waals surface area contributed by atoms with Gasteiger partial charge in [-0.25, -0.2) is 0 Å². The lowest BCUT2D eigenvalue weighted by Crippen LogP contribution is -1.96. The molecule has 0 aliphatic rings. The van der Waals surface area contributed by atoms with Crippen LogP contribution in [0.5, 0.6) is 17.2 Å². The standard InChI is InChI=1S/C12H13N3O2/c13-7-1-3-9(14)11(5-7)17-12-6-8(16)2-4-10(12)15/h1-6,16H,13-15H2. The second kappa shape index (κ2) is 4.13. The monoisotopic (exact) mass is 231 g/mol. The van der Waals surface area contributed by atoms with E-state index in [-0.39, 0.29) is 5.75 Å². The minimum Gasteiger partial charge on any atom is -0.508 e. The van der Waals surface area contributed by atoms with E-state index in [4.69, 9.17) is 21.9 Å². The molecule has 2 aromatic rings. The summed E-state index contributed by atoms with van der Waals surface area (Å²) in [7, 11) is 0. The number of anilines is 3. The summed E-state index contributed by atoms with van der Waals surface area (Å²) in [5.41, 5.74) is 18.5. The summed E-state index contributed by atoms with van der Waals surface area (Å²) >= 11 is 0. The Morgan fingerprint density at radius 1 is 0.824 bits per heavy atom. The number of hydrogen-bond donors (Lipinski definition) is 4. The molecular weight excluding hydrogens is 218 g/mol. The van der Waals surface area contributed by atoms with E-state index in [1.165, 1.54) is 12.1 Å². The SMILES string of the molecule is Nc1ccc(N)c(Oc2cc(O)ccc2N)c1. The second-order valence-corrected chi connectivity index (χ2v) is 3.62. The molecule has 2 aromatic carbocycles. The highest BCUT2D eigenvalue weighted by molar-refractivity contribution is 5.63. The maximum absolute atomic E-state index is 9.35. The van der Waals surface area contributed by atoms with Gasteiger partial charge in [-0.3, -0.25) is 0 Å². The van der Waals surface area contributed by atoms with Crippen LogP contribution in [0.1, 0.15) is 0 Å². The average Bonchev–Trinajstić information content (AvgIpc) is 2.28. The number of aromatic hydroxyl groups is 1. The number of rotatable bonds is 2. The van der Waals surface area contributed by atoms with Gasteiger partial charge in [0.2, 0.25) is 0 Å². The Hall–Kier alpha value is -2.56. The lowest BCUT2D eigenvalue weighted by molar-refractivity contribution is 0.457. The summed E-state index contributed by atoms with van der Waals surface area (Å²) in [6.45, 7) is 0. The largest absolute Gasteiger partial charge is 0.508 e. The molecule has 0 aromatic heterocycles. The first-order valence-electron chi connectivity index (χ1n) is 4.97. The molecule has 0 heterocycles. The third-order valence-corrected chi connectivity index (χ3v) is 2.25. The van der Waals surface area contributed by atoms with Crippen LogP contribution in [0.4, 0.5) is 17.1 Å². The summed E-state index contributed by atoms with van der Waals surface area (Å²) in [5, 5.41) is 9.35. The number of benzene rings is 2. The van der Waals surface area contributed by atoms with Crippen LogP contribution in [0.2, 0.25) is 0 Å². The molecule has 17 heavy (non-hydrogen) atoms. The van der Waals surface area contributed by atoms with Crippen molar-refractivity contribution in [3.63, 3.8) is 0 Å². The summed E-state index contributed by atoms with van der Waals surface area (Å²) < 4.78 is 5.51. The zero-order valence-electron chi connectivity index (χ0n) is 9.05. The molecule has 0 aliphatic carbocycles. The van der Waals surface area contributed by atoms with Gasteiger partial charge in [0.1, 0.15) is 5.75 Å². The van der Waals surface area contributed by atoms with E-state index in [1.54, 1.807) is 24.3 Å². The predicted octanol–water partition coefficient (Wildman–Crippen LogP) is 1.93. The van der Waals surface area contributed by atoms with E-state index in [0.717, 1.165) is 0 Å². The Labute approximate surface area is 98.4 Å². The molecular formula is C12H13N3O2. The molecule has 0 amide bonds. The van der Waals surface area contributed by atoms with Crippen molar-refractivity contribution in [2.45, 2.75) is 0 Å². The van der Waals surface area contributed by atoms with Gasteiger partial charge in [0.15, 0.2) is 11.5 Å². The number of ether oxygens (including phenoxy) is 1. The maximum atomic E-state index is 9.35. The van der Waals surface area contributed by atoms with Crippen molar-refractivity contribution in [3.05, 3.63) is 36.4 Å². The first-order valence-corrected chi connectivity index (χ1v) is 4.97. The normalized spacial score (nSPS) is 10.1. The highest BCUT2D eigenvalue weighted by atomic mass is 16.5. The Bertz CT molecular complexity index is 506. The Balaban J connectivity index is 2.37. The molecule has 0 saturated heterocycles. The summed E-state index contributed by atoms with van der Waals surface area (Å²) in [4.78, 5) is 0. The number of nitrogens with two attached hydrogens (primary N) is 3. The molecule has 0 saturated carbocycles. The van der Waals surface area contributed by atoms with E-state index < -0.39 is 0 Å². The van der Waals surface area contributed by atoms with Crippen molar-refractivity contribution in [2.75, 3.05) is 17.2 Å². The van der Waals surface area contributed by atoms with Crippen LogP contribution in [0, 0.1) is 0 Å². The molecule has 0 spiro atoms. The van der Waals surface area contributed by atoms with Crippen LogP contribution in [-0.4, -0.2) is 5.11 Å². The van der Waals surface area contributed by atoms with E-state index >= 15 is 0 Å². The summed E-state index contributed by atoms with van der Waals surface area (Å²) in [6, 6.07) is 9.35. The van der Waals surface area contributed by atoms with Gasteiger partial charge in [-0.05, 0) is 24.3 Å². The molecule has 0 bridgehead atoms. The van der Waals surface area contributed by atoms with Gasteiger partial charge < -0.3 is 27.0 Å². The molecule has 0 fully saturated rings. The maximum Gasteiger partial charge on any atom is 0.154 e. The van der Waals surface area contributed by atoms with Crippen molar-refractivity contribution >= 4 is 17.1 Å². The van der Waals surface area contributed by atoms with Crippen LogP contribution in [0.3, 0.4) is 0 Å². The first kappa shape index (κ1) is 10.9. The van der Waals surface area contributed by atoms with Gasteiger partial charge in [-0.2, -0.15) is 0 Å². The molecule has 5 heteroatoms. The van der Waals surface area contributed by atoms with Crippen LogP contribution in [-0.2, 0) is 0 Å². The van der Waals surface area contributed by atoms with Crippen molar-refractivity contribution in [1.29, 1.82) is 0 Å².